The van der Waals surface area contributed by atoms with Crippen molar-refractivity contribution in [1.82, 2.24) is 0 Å². The van der Waals surface area contributed by atoms with Crippen LogP contribution in [0.2, 0.25) is 5.02 Å². The van der Waals surface area contributed by atoms with Gasteiger partial charge >= 0.3 is 0 Å². The SMILES string of the molecule is CC(C)OCC(O)Cc1cc(Cl)cc2c1OCC2. The highest BCUT2D eigenvalue weighted by atomic mass is 35.5. The van der Waals surface area contributed by atoms with Crippen molar-refractivity contribution in [1.29, 1.82) is 0 Å². The van der Waals surface area contributed by atoms with E-state index in [1.54, 1.807) is 0 Å². The minimum absolute atomic E-state index is 0.126. The van der Waals surface area contributed by atoms with Crippen LogP contribution >= 0.6 is 11.6 Å². The highest BCUT2D eigenvalue weighted by molar-refractivity contribution is 6.30. The molecule has 1 aromatic rings. The normalized spacial score (nSPS) is 15.6. The molecule has 0 radical (unpaired) electrons. The molecule has 0 fully saturated rings. The molecule has 0 aromatic heterocycles. The van der Waals surface area contributed by atoms with E-state index in [9.17, 15) is 5.11 Å². The van der Waals surface area contributed by atoms with Crippen molar-refractivity contribution in [2.75, 3.05) is 13.2 Å². The number of aliphatic hydroxyl groups is 1. The number of hydrogen-bond donors (Lipinski definition) is 1. The zero-order chi connectivity index (χ0) is 13.1. The van der Waals surface area contributed by atoms with Crippen LogP contribution < -0.4 is 4.74 Å². The van der Waals surface area contributed by atoms with Gasteiger partial charge in [0.1, 0.15) is 5.75 Å². The van der Waals surface area contributed by atoms with Crippen molar-refractivity contribution in [3.63, 3.8) is 0 Å². The van der Waals surface area contributed by atoms with Crippen molar-refractivity contribution in [2.24, 2.45) is 0 Å². The fourth-order valence-electron chi connectivity index (χ4n) is 2.11. The average molecular weight is 271 g/mol. The second kappa shape index (κ2) is 5.91. The Labute approximate surface area is 113 Å². The van der Waals surface area contributed by atoms with Crippen LogP contribution in [-0.4, -0.2) is 30.5 Å². The lowest BCUT2D eigenvalue weighted by atomic mass is 10.0. The minimum Gasteiger partial charge on any atom is -0.493 e. The summed E-state index contributed by atoms with van der Waals surface area (Å²) in [6.45, 7) is 4.93. The third-order valence-electron chi connectivity index (χ3n) is 2.90. The topological polar surface area (TPSA) is 38.7 Å². The van der Waals surface area contributed by atoms with E-state index in [2.05, 4.69) is 0 Å². The number of benzene rings is 1. The molecule has 1 heterocycles. The van der Waals surface area contributed by atoms with Crippen LogP contribution in [0.25, 0.3) is 0 Å². The van der Waals surface area contributed by atoms with Crippen LogP contribution in [0.4, 0.5) is 0 Å². The van der Waals surface area contributed by atoms with Crippen LogP contribution in [-0.2, 0) is 17.6 Å². The predicted molar refractivity (Wildman–Crippen MR) is 71.4 cm³/mol. The highest BCUT2D eigenvalue weighted by Gasteiger charge is 2.19. The molecule has 0 aliphatic carbocycles. The summed E-state index contributed by atoms with van der Waals surface area (Å²) >= 11 is 6.07. The van der Waals surface area contributed by atoms with Gasteiger partial charge in [0, 0.05) is 17.9 Å². The maximum Gasteiger partial charge on any atom is 0.126 e. The van der Waals surface area contributed by atoms with Gasteiger partial charge in [-0.25, -0.2) is 0 Å². The van der Waals surface area contributed by atoms with E-state index in [0.29, 0.717) is 24.7 Å². The lowest BCUT2D eigenvalue weighted by molar-refractivity contribution is 0.00603. The van der Waals surface area contributed by atoms with Gasteiger partial charge in [-0.05, 0) is 37.1 Å². The van der Waals surface area contributed by atoms with Crippen LogP contribution in [0.3, 0.4) is 0 Å². The Morgan fingerprint density at radius 2 is 2.22 bits per heavy atom. The zero-order valence-corrected chi connectivity index (χ0v) is 11.5. The van der Waals surface area contributed by atoms with Gasteiger partial charge in [0.05, 0.1) is 25.4 Å². The fraction of sp³-hybridized carbons (Fsp3) is 0.571. The molecule has 0 amide bonds. The van der Waals surface area contributed by atoms with Gasteiger partial charge in [-0.15, -0.1) is 0 Å². The van der Waals surface area contributed by atoms with E-state index < -0.39 is 6.10 Å². The Morgan fingerprint density at radius 1 is 1.44 bits per heavy atom. The zero-order valence-electron chi connectivity index (χ0n) is 10.8. The summed E-state index contributed by atoms with van der Waals surface area (Å²) in [6.07, 6.45) is 0.997. The molecular formula is C14H19ClO3. The summed E-state index contributed by atoms with van der Waals surface area (Å²) in [5.74, 6) is 0.892. The largest absolute Gasteiger partial charge is 0.493 e. The van der Waals surface area contributed by atoms with Crippen LogP contribution in [0.15, 0.2) is 12.1 Å². The molecule has 1 atom stereocenters. The molecule has 1 aliphatic heterocycles. The van der Waals surface area contributed by atoms with E-state index in [-0.39, 0.29) is 6.10 Å². The lowest BCUT2D eigenvalue weighted by Gasteiger charge is -2.15. The van der Waals surface area contributed by atoms with Crippen molar-refractivity contribution < 1.29 is 14.6 Å². The molecule has 100 valence electrons. The molecule has 1 aromatic carbocycles. The number of fused-ring (bicyclic) bond motifs is 1. The Balaban J connectivity index is 2.05. The van der Waals surface area contributed by atoms with Gasteiger partial charge < -0.3 is 14.6 Å². The number of rotatable bonds is 5. The predicted octanol–water partition coefficient (Wildman–Crippen LogP) is 2.60. The smallest absolute Gasteiger partial charge is 0.126 e. The molecule has 18 heavy (non-hydrogen) atoms. The molecular weight excluding hydrogens is 252 g/mol. The maximum atomic E-state index is 9.95. The molecule has 0 saturated heterocycles. The van der Waals surface area contributed by atoms with Gasteiger partial charge in [0.2, 0.25) is 0 Å². The number of halogens is 1. The van der Waals surface area contributed by atoms with Gasteiger partial charge in [-0.2, -0.15) is 0 Å². The van der Waals surface area contributed by atoms with E-state index in [1.807, 2.05) is 26.0 Å². The fourth-order valence-corrected chi connectivity index (χ4v) is 2.38. The first-order valence-electron chi connectivity index (χ1n) is 6.30. The second-order valence-electron chi connectivity index (χ2n) is 4.89. The van der Waals surface area contributed by atoms with Gasteiger partial charge in [0.25, 0.3) is 0 Å². The third-order valence-corrected chi connectivity index (χ3v) is 3.12. The molecule has 2 rings (SSSR count). The first-order chi connectivity index (χ1) is 8.56. The monoisotopic (exact) mass is 270 g/mol. The summed E-state index contributed by atoms with van der Waals surface area (Å²) in [5.41, 5.74) is 2.10. The summed E-state index contributed by atoms with van der Waals surface area (Å²) < 4.78 is 11.0. The summed E-state index contributed by atoms with van der Waals surface area (Å²) in [4.78, 5) is 0. The Hall–Kier alpha value is -0.770. The van der Waals surface area contributed by atoms with E-state index in [1.165, 1.54) is 0 Å². The molecule has 0 spiro atoms. The van der Waals surface area contributed by atoms with Crippen LogP contribution in [0, 0.1) is 0 Å². The van der Waals surface area contributed by atoms with Crippen LogP contribution in [0.1, 0.15) is 25.0 Å². The molecule has 1 aliphatic rings. The highest BCUT2D eigenvalue weighted by Crippen LogP contribution is 2.33. The van der Waals surface area contributed by atoms with Gasteiger partial charge in [0.15, 0.2) is 0 Å². The van der Waals surface area contributed by atoms with E-state index in [4.69, 9.17) is 21.1 Å². The Bertz CT molecular complexity index is 418. The van der Waals surface area contributed by atoms with Gasteiger partial charge in [-0.3, -0.25) is 0 Å². The number of ether oxygens (including phenoxy) is 2. The van der Waals surface area contributed by atoms with Gasteiger partial charge in [-0.1, -0.05) is 11.6 Å². The molecule has 0 bridgehead atoms. The molecule has 4 heteroatoms. The summed E-state index contributed by atoms with van der Waals surface area (Å²) in [7, 11) is 0. The molecule has 0 saturated carbocycles. The molecule has 3 nitrogen and oxygen atoms in total. The molecule has 1 unspecified atom stereocenters. The summed E-state index contributed by atoms with van der Waals surface area (Å²) in [5, 5.41) is 10.7. The Kier molecular flexibility index (Phi) is 4.49. The minimum atomic E-state index is -0.529. The lowest BCUT2D eigenvalue weighted by Crippen LogP contribution is -2.21. The number of hydrogen-bond acceptors (Lipinski definition) is 3. The standard InChI is InChI=1S/C14H19ClO3/c1-9(2)18-8-13(16)7-11-6-12(15)5-10-3-4-17-14(10)11/h5-6,9,13,16H,3-4,7-8H2,1-2H3. The third kappa shape index (κ3) is 3.37. The average Bonchev–Trinajstić information content (AvgIpc) is 2.74. The van der Waals surface area contributed by atoms with Crippen molar-refractivity contribution >= 4 is 11.6 Å². The number of aliphatic hydroxyl groups excluding tert-OH is 1. The van der Waals surface area contributed by atoms with Crippen molar-refractivity contribution in [3.05, 3.63) is 28.3 Å². The molecule has 1 N–H and O–H groups in total. The second-order valence-corrected chi connectivity index (χ2v) is 5.33. The quantitative estimate of drug-likeness (QED) is 0.894. The first-order valence-corrected chi connectivity index (χ1v) is 6.68. The Morgan fingerprint density at radius 3 is 2.94 bits per heavy atom. The summed E-state index contributed by atoms with van der Waals surface area (Å²) in [6, 6.07) is 3.80. The van der Waals surface area contributed by atoms with Crippen LogP contribution in [0.5, 0.6) is 5.75 Å². The first kappa shape index (κ1) is 13.7. The van der Waals surface area contributed by atoms with E-state index >= 15 is 0 Å². The van der Waals surface area contributed by atoms with E-state index in [0.717, 1.165) is 23.3 Å². The van der Waals surface area contributed by atoms with Crippen molar-refractivity contribution in [3.8, 4) is 5.75 Å². The maximum absolute atomic E-state index is 9.95. The van der Waals surface area contributed by atoms with Crippen molar-refractivity contribution in [2.45, 2.75) is 38.9 Å².